The molecule has 0 aliphatic carbocycles. The third-order valence-electron chi connectivity index (χ3n) is 3.95. The smallest absolute Gasteiger partial charge is 0.460 e. The average Bonchev–Trinajstić information content (AvgIpc) is 2.58. The number of methoxy groups -OCH3 is 1. The zero-order valence-electron chi connectivity index (χ0n) is 15.0. The molecule has 0 heterocycles. The molecule has 0 radical (unpaired) electrons. The van der Waals surface area contributed by atoms with E-state index in [-0.39, 0.29) is 6.92 Å². The minimum atomic E-state index is -8.67. The molecule has 0 amide bonds. The van der Waals surface area contributed by atoms with Crippen molar-refractivity contribution in [2.75, 3.05) is 7.11 Å². The second kappa shape index (κ2) is 7.95. The van der Waals surface area contributed by atoms with Gasteiger partial charge in [-0.3, -0.25) is 4.79 Å². The summed E-state index contributed by atoms with van der Waals surface area (Å²) in [5.41, 5.74) is 0. The summed E-state index contributed by atoms with van der Waals surface area (Å²) in [4.78, 5) is 10.9. The van der Waals surface area contributed by atoms with Gasteiger partial charge in [0.2, 0.25) is 0 Å². The molecular formula is C13H9F17O2. The number of alkyl halides is 17. The minimum Gasteiger partial charge on any atom is -0.469 e. The summed E-state index contributed by atoms with van der Waals surface area (Å²) >= 11 is 0. The Bertz CT molecular complexity index is 693. The van der Waals surface area contributed by atoms with Crippen LogP contribution in [0.25, 0.3) is 0 Å². The standard InChI is InChI=1S/C13H9F17O2/c1-4(5(31)32-2)3-6(14,15)7(16,17)8(18,19)9(20,21)10(22,23)11(24,25)12(26,27)13(28,29)30/h4H,3H2,1-2H3. The molecule has 0 aliphatic heterocycles. The van der Waals surface area contributed by atoms with E-state index in [1.807, 2.05) is 0 Å². The van der Waals surface area contributed by atoms with Gasteiger partial charge in [0.25, 0.3) is 0 Å². The van der Waals surface area contributed by atoms with Crippen molar-refractivity contribution in [1.82, 2.24) is 0 Å². The van der Waals surface area contributed by atoms with E-state index in [1.165, 1.54) is 0 Å². The van der Waals surface area contributed by atoms with Crippen LogP contribution in [0.3, 0.4) is 0 Å². The second-order valence-electron chi connectivity index (χ2n) is 6.28. The number of carbonyl (C=O) groups is 1. The van der Waals surface area contributed by atoms with Gasteiger partial charge in [0.15, 0.2) is 0 Å². The fraction of sp³-hybridized carbons (Fsp3) is 0.923. The Labute approximate surface area is 165 Å². The third-order valence-corrected chi connectivity index (χ3v) is 3.95. The van der Waals surface area contributed by atoms with Crippen LogP contribution >= 0.6 is 0 Å². The minimum absolute atomic E-state index is 0.263. The van der Waals surface area contributed by atoms with Gasteiger partial charge in [-0.05, 0) is 0 Å². The zero-order valence-corrected chi connectivity index (χ0v) is 15.0. The van der Waals surface area contributed by atoms with Crippen LogP contribution in [0.4, 0.5) is 74.6 Å². The second-order valence-corrected chi connectivity index (χ2v) is 6.28. The maximum absolute atomic E-state index is 13.6. The number of hydrogen-bond acceptors (Lipinski definition) is 2. The molecule has 0 aromatic heterocycles. The van der Waals surface area contributed by atoms with Crippen LogP contribution in [0, 0.1) is 5.92 Å². The van der Waals surface area contributed by atoms with Crippen LogP contribution in [-0.4, -0.2) is 60.7 Å². The van der Waals surface area contributed by atoms with E-state index in [0.29, 0.717) is 7.11 Å². The largest absolute Gasteiger partial charge is 0.469 e. The summed E-state index contributed by atoms with van der Waals surface area (Å²) in [5, 5.41) is 0. The molecule has 192 valence electrons. The molecule has 0 aromatic rings. The van der Waals surface area contributed by atoms with Crippen molar-refractivity contribution >= 4 is 5.97 Å². The predicted molar refractivity (Wildman–Crippen MR) is 66.5 cm³/mol. The first-order chi connectivity index (χ1) is 13.6. The van der Waals surface area contributed by atoms with Crippen LogP contribution in [0.15, 0.2) is 0 Å². The number of rotatable bonds is 9. The number of halogens is 17. The molecule has 32 heavy (non-hydrogen) atoms. The van der Waals surface area contributed by atoms with Crippen molar-refractivity contribution in [1.29, 1.82) is 0 Å². The number of esters is 1. The SMILES string of the molecule is COC(=O)C(C)CC(F)(F)C(F)(F)C(F)(F)C(F)(F)C(F)(F)C(F)(F)C(F)(F)C(F)(F)F. The Morgan fingerprint density at radius 3 is 1.16 bits per heavy atom. The summed E-state index contributed by atoms with van der Waals surface area (Å²) in [6.07, 6.45) is -10.6. The van der Waals surface area contributed by atoms with Crippen LogP contribution in [-0.2, 0) is 9.53 Å². The summed E-state index contributed by atoms with van der Waals surface area (Å²) in [5.74, 6) is -61.2. The monoisotopic (exact) mass is 520 g/mol. The van der Waals surface area contributed by atoms with Gasteiger partial charge in [-0.15, -0.1) is 0 Å². The van der Waals surface area contributed by atoms with Crippen LogP contribution in [0.2, 0.25) is 0 Å². The first kappa shape index (κ1) is 30.3. The first-order valence-corrected chi connectivity index (χ1v) is 7.41. The Balaban J connectivity index is 6.62. The maximum atomic E-state index is 13.6. The average molecular weight is 520 g/mol. The lowest BCUT2D eigenvalue weighted by molar-refractivity contribution is -0.462. The maximum Gasteiger partial charge on any atom is 0.460 e. The van der Waals surface area contributed by atoms with Gasteiger partial charge >= 0.3 is 53.6 Å². The highest BCUT2D eigenvalue weighted by atomic mass is 19.4. The molecule has 0 aromatic carbocycles. The molecule has 1 atom stereocenters. The summed E-state index contributed by atoms with van der Waals surface area (Å²) in [7, 11) is 0.446. The van der Waals surface area contributed by atoms with Crippen molar-refractivity contribution in [2.24, 2.45) is 5.92 Å². The lowest BCUT2D eigenvalue weighted by Crippen LogP contribution is -2.74. The molecule has 0 fully saturated rings. The Morgan fingerprint density at radius 1 is 0.594 bits per heavy atom. The van der Waals surface area contributed by atoms with E-state index in [2.05, 4.69) is 4.74 Å². The fourth-order valence-corrected chi connectivity index (χ4v) is 1.99. The number of ether oxygens (including phenoxy) is 1. The highest BCUT2D eigenvalue weighted by Crippen LogP contribution is 2.64. The van der Waals surface area contributed by atoms with Crippen molar-refractivity contribution in [3.05, 3.63) is 0 Å². The molecule has 1 unspecified atom stereocenters. The normalized spacial score (nSPS) is 16.7. The molecule has 19 heteroatoms. The number of hydrogen-bond donors (Lipinski definition) is 0. The van der Waals surface area contributed by atoms with Crippen molar-refractivity contribution in [3.63, 3.8) is 0 Å². The fourth-order valence-electron chi connectivity index (χ4n) is 1.99. The molecule has 0 N–H and O–H groups in total. The van der Waals surface area contributed by atoms with Crippen molar-refractivity contribution < 1.29 is 84.2 Å². The summed E-state index contributed by atoms with van der Waals surface area (Å²) < 4.78 is 225. The van der Waals surface area contributed by atoms with Crippen molar-refractivity contribution in [2.45, 2.75) is 61.0 Å². The van der Waals surface area contributed by atoms with Gasteiger partial charge in [-0.2, -0.15) is 74.6 Å². The molecule has 0 saturated carbocycles. The van der Waals surface area contributed by atoms with E-state index >= 15 is 0 Å². The molecule has 0 bridgehead atoms. The predicted octanol–water partition coefficient (Wildman–Crippen LogP) is 6.20. The highest BCUT2D eigenvalue weighted by molar-refractivity contribution is 5.71. The van der Waals surface area contributed by atoms with E-state index in [9.17, 15) is 79.4 Å². The van der Waals surface area contributed by atoms with Crippen LogP contribution in [0.5, 0.6) is 0 Å². The van der Waals surface area contributed by atoms with Gasteiger partial charge < -0.3 is 4.74 Å². The van der Waals surface area contributed by atoms with Gasteiger partial charge in [0.1, 0.15) is 0 Å². The van der Waals surface area contributed by atoms with E-state index in [0.717, 1.165) is 0 Å². The topological polar surface area (TPSA) is 26.3 Å². The third kappa shape index (κ3) is 4.03. The van der Waals surface area contributed by atoms with Gasteiger partial charge in [0.05, 0.1) is 13.0 Å². The van der Waals surface area contributed by atoms with E-state index in [1.54, 1.807) is 0 Å². The summed E-state index contributed by atoms with van der Waals surface area (Å²) in [6, 6.07) is 0. The Kier molecular flexibility index (Phi) is 7.52. The van der Waals surface area contributed by atoms with E-state index in [4.69, 9.17) is 0 Å². The van der Waals surface area contributed by atoms with Gasteiger partial charge in [0, 0.05) is 6.42 Å². The van der Waals surface area contributed by atoms with Gasteiger partial charge in [-0.1, -0.05) is 6.92 Å². The molecule has 2 nitrogen and oxygen atoms in total. The van der Waals surface area contributed by atoms with Crippen LogP contribution < -0.4 is 0 Å². The van der Waals surface area contributed by atoms with E-state index < -0.39 is 65.9 Å². The zero-order chi connectivity index (χ0) is 26.6. The quantitative estimate of drug-likeness (QED) is 0.268. The Morgan fingerprint density at radius 2 is 0.875 bits per heavy atom. The van der Waals surface area contributed by atoms with Gasteiger partial charge in [-0.25, -0.2) is 0 Å². The molecule has 0 aliphatic rings. The highest BCUT2D eigenvalue weighted by Gasteiger charge is 2.95. The lowest BCUT2D eigenvalue weighted by atomic mass is 9.86. The summed E-state index contributed by atoms with van der Waals surface area (Å²) in [6.45, 7) is 0.263. The molecule has 0 rings (SSSR count). The first-order valence-electron chi connectivity index (χ1n) is 7.41. The molecular weight excluding hydrogens is 511 g/mol. The Hall–Kier alpha value is -1.72. The molecule has 0 saturated heterocycles. The lowest BCUT2D eigenvalue weighted by Gasteiger charge is -2.43. The van der Waals surface area contributed by atoms with Crippen molar-refractivity contribution in [3.8, 4) is 0 Å². The molecule has 0 spiro atoms. The number of carbonyl (C=O) groups excluding carboxylic acids is 1. The van der Waals surface area contributed by atoms with Crippen LogP contribution in [0.1, 0.15) is 13.3 Å².